The fraction of sp³-hybridized carbons (Fsp3) is 0.500. The molecule has 17 heavy (non-hydrogen) atoms. The zero-order valence-electron chi connectivity index (χ0n) is 10.3. The van der Waals surface area contributed by atoms with Gasteiger partial charge in [0.25, 0.3) is 0 Å². The van der Waals surface area contributed by atoms with Crippen LogP contribution in [0.25, 0.3) is 0 Å². The topological polar surface area (TPSA) is 67.2 Å². The van der Waals surface area contributed by atoms with E-state index >= 15 is 0 Å². The fourth-order valence-corrected chi connectivity index (χ4v) is 1.39. The van der Waals surface area contributed by atoms with Crippen molar-refractivity contribution in [2.75, 3.05) is 6.54 Å². The number of nitrogens with zero attached hydrogens (tertiary/aromatic N) is 1. The molecule has 0 spiro atoms. The monoisotopic (exact) mass is 235 g/mol. The van der Waals surface area contributed by atoms with Crippen LogP contribution in [0.3, 0.4) is 0 Å². The van der Waals surface area contributed by atoms with Crippen LogP contribution in [0, 0.1) is 26.2 Å². The van der Waals surface area contributed by atoms with Gasteiger partial charge < -0.3 is 15.2 Å². The zero-order chi connectivity index (χ0) is 12.8. The first-order chi connectivity index (χ1) is 8.06. The molecule has 0 aliphatic carbocycles. The van der Waals surface area contributed by atoms with E-state index in [1.165, 1.54) is 0 Å². The van der Waals surface area contributed by atoms with E-state index in [1.54, 1.807) is 6.92 Å². The highest BCUT2D eigenvalue weighted by Gasteiger charge is 2.14. The van der Waals surface area contributed by atoms with Crippen LogP contribution >= 0.6 is 0 Å². The van der Waals surface area contributed by atoms with Gasteiger partial charge in [0.1, 0.15) is 5.76 Å². The van der Waals surface area contributed by atoms with Gasteiger partial charge in [-0.15, -0.1) is 6.42 Å². The van der Waals surface area contributed by atoms with E-state index in [0.717, 1.165) is 17.0 Å². The third-order valence-corrected chi connectivity index (χ3v) is 2.52. The highest BCUT2D eigenvalue weighted by Crippen LogP contribution is 2.11. The van der Waals surface area contributed by atoms with Gasteiger partial charge >= 0.3 is 0 Å². The third kappa shape index (κ3) is 3.61. The van der Waals surface area contributed by atoms with Crippen molar-refractivity contribution >= 4 is 5.91 Å². The van der Waals surface area contributed by atoms with Crippen molar-refractivity contribution in [1.29, 1.82) is 0 Å². The fourth-order valence-electron chi connectivity index (χ4n) is 1.39. The van der Waals surface area contributed by atoms with Gasteiger partial charge in [0.15, 0.2) is 0 Å². The maximum Gasteiger partial charge on any atom is 0.237 e. The van der Waals surface area contributed by atoms with Crippen molar-refractivity contribution in [2.45, 2.75) is 33.4 Å². The summed E-state index contributed by atoms with van der Waals surface area (Å²) in [5.41, 5.74) is 1.83. The normalized spacial score (nSPS) is 11.9. The Morgan fingerprint density at radius 3 is 2.82 bits per heavy atom. The number of terminal acetylenes is 1. The van der Waals surface area contributed by atoms with Crippen molar-refractivity contribution in [3.63, 3.8) is 0 Å². The van der Waals surface area contributed by atoms with E-state index in [4.69, 9.17) is 10.9 Å². The predicted molar refractivity (Wildman–Crippen MR) is 64.1 cm³/mol. The average Bonchev–Trinajstić information content (AvgIpc) is 2.63. The van der Waals surface area contributed by atoms with Crippen molar-refractivity contribution in [3.8, 4) is 12.3 Å². The molecule has 0 saturated heterocycles. The predicted octanol–water partition coefficient (Wildman–Crippen LogP) is 0.519. The molecule has 1 unspecified atom stereocenters. The van der Waals surface area contributed by atoms with Crippen molar-refractivity contribution in [2.24, 2.45) is 0 Å². The first-order valence-electron chi connectivity index (χ1n) is 5.42. The minimum Gasteiger partial charge on any atom is -0.361 e. The van der Waals surface area contributed by atoms with Crippen molar-refractivity contribution in [3.05, 3.63) is 17.0 Å². The smallest absolute Gasteiger partial charge is 0.237 e. The molecule has 0 radical (unpaired) electrons. The number of carbonyl (C=O) groups excluding carboxylic acids is 1. The van der Waals surface area contributed by atoms with Crippen LogP contribution in [-0.4, -0.2) is 23.7 Å². The molecule has 5 heteroatoms. The average molecular weight is 235 g/mol. The number of aryl methyl sites for hydroxylation is 2. The van der Waals surface area contributed by atoms with Gasteiger partial charge in [0, 0.05) is 12.1 Å². The number of carbonyl (C=O) groups is 1. The summed E-state index contributed by atoms with van der Waals surface area (Å²) in [5, 5.41) is 9.56. The minimum atomic E-state index is -0.308. The van der Waals surface area contributed by atoms with E-state index in [9.17, 15) is 4.79 Å². The Balaban J connectivity index is 2.46. The Hall–Kier alpha value is -1.80. The molecular formula is C12H17N3O2. The molecule has 0 fully saturated rings. The SMILES string of the molecule is C#CCNC(=O)C(C)NCc1c(C)noc1C. The number of aromatic nitrogens is 1. The third-order valence-electron chi connectivity index (χ3n) is 2.52. The van der Waals surface area contributed by atoms with E-state index in [1.807, 2.05) is 13.8 Å². The van der Waals surface area contributed by atoms with Crippen LogP contribution in [0.1, 0.15) is 23.9 Å². The molecule has 5 nitrogen and oxygen atoms in total. The Bertz CT molecular complexity index is 412. The molecule has 1 rings (SSSR count). The second-order valence-corrected chi connectivity index (χ2v) is 3.83. The first kappa shape index (κ1) is 13.3. The second kappa shape index (κ2) is 6.06. The Kier molecular flexibility index (Phi) is 4.73. The molecule has 2 N–H and O–H groups in total. The number of rotatable bonds is 5. The van der Waals surface area contributed by atoms with Gasteiger partial charge in [-0.25, -0.2) is 0 Å². The maximum absolute atomic E-state index is 11.5. The van der Waals surface area contributed by atoms with Gasteiger partial charge in [-0.05, 0) is 20.8 Å². The molecule has 92 valence electrons. The summed E-state index contributed by atoms with van der Waals surface area (Å²) < 4.78 is 5.04. The molecule has 1 heterocycles. The van der Waals surface area contributed by atoms with Crippen molar-refractivity contribution in [1.82, 2.24) is 15.8 Å². The largest absolute Gasteiger partial charge is 0.361 e. The Morgan fingerprint density at radius 1 is 1.59 bits per heavy atom. The summed E-state index contributed by atoms with van der Waals surface area (Å²) in [6.45, 7) is 6.29. The molecule has 0 saturated carbocycles. The summed E-state index contributed by atoms with van der Waals surface area (Å²) in [6.07, 6.45) is 5.06. The molecule has 0 aromatic carbocycles. The van der Waals surface area contributed by atoms with Crippen LogP contribution in [-0.2, 0) is 11.3 Å². The summed E-state index contributed by atoms with van der Waals surface area (Å²) >= 11 is 0. The Morgan fingerprint density at radius 2 is 2.29 bits per heavy atom. The van der Waals surface area contributed by atoms with Crippen LogP contribution in [0.15, 0.2) is 4.52 Å². The Labute approximate surface area is 101 Å². The maximum atomic E-state index is 11.5. The summed E-state index contributed by atoms with van der Waals surface area (Å²) in [5.74, 6) is 3.01. The van der Waals surface area contributed by atoms with Gasteiger partial charge in [-0.1, -0.05) is 11.1 Å². The molecule has 1 aromatic heterocycles. The van der Waals surface area contributed by atoms with Gasteiger partial charge in [-0.2, -0.15) is 0 Å². The van der Waals surface area contributed by atoms with Gasteiger partial charge in [-0.3, -0.25) is 4.79 Å². The van der Waals surface area contributed by atoms with Crippen LogP contribution in [0.4, 0.5) is 0 Å². The molecule has 0 bridgehead atoms. The second-order valence-electron chi connectivity index (χ2n) is 3.83. The lowest BCUT2D eigenvalue weighted by Crippen LogP contribution is -2.42. The van der Waals surface area contributed by atoms with E-state index in [0.29, 0.717) is 6.54 Å². The lowest BCUT2D eigenvalue weighted by atomic mass is 10.2. The van der Waals surface area contributed by atoms with Crippen molar-refractivity contribution < 1.29 is 9.32 Å². The number of hydrogen-bond acceptors (Lipinski definition) is 4. The van der Waals surface area contributed by atoms with Gasteiger partial charge in [0.2, 0.25) is 5.91 Å². The number of amides is 1. The number of nitrogens with one attached hydrogen (secondary N) is 2. The molecular weight excluding hydrogens is 218 g/mol. The van der Waals surface area contributed by atoms with Gasteiger partial charge in [0.05, 0.1) is 18.3 Å². The molecule has 1 atom stereocenters. The zero-order valence-corrected chi connectivity index (χ0v) is 10.3. The van der Waals surface area contributed by atoms with Crippen LogP contribution in [0.2, 0.25) is 0 Å². The lowest BCUT2D eigenvalue weighted by Gasteiger charge is -2.12. The minimum absolute atomic E-state index is 0.116. The molecule has 0 aliphatic rings. The molecule has 0 aliphatic heterocycles. The highest BCUT2D eigenvalue weighted by atomic mass is 16.5. The molecule has 1 aromatic rings. The summed E-state index contributed by atoms with van der Waals surface area (Å²) in [6, 6.07) is -0.308. The van der Waals surface area contributed by atoms with E-state index in [2.05, 4.69) is 21.7 Å². The summed E-state index contributed by atoms with van der Waals surface area (Å²) in [7, 11) is 0. The van der Waals surface area contributed by atoms with E-state index in [-0.39, 0.29) is 18.5 Å². The standard InChI is InChI=1S/C12H17N3O2/c1-5-6-13-12(16)9(3)14-7-11-8(2)15-17-10(11)4/h1,9,14H,6-7H2,2-4H3,(H,13,16). The first-order valence-corrected chi connectivity index (χ1v) is 5.42. The van der Waals surface area contributed by atoms with E-state index < -0.39 is 0 Å². The lowest BCUT2D eigenvalue weighted by molar-refractivity contribution is -0.122. The summed E-state index contributed by atoms with van der Waals surface area (Å²) in [4.78, 5) is 11.5. The quantitative estimate of drug-likeness (QED) is 0.730. The molecule has 1 amide bonds. The van der Waals surface area contributed by atoms with Crippen LogP contribution in [0.5, 0.6) is 0 Å². The highest BCUT2D eigenvalue weighted by molar-refractivity contribution is 5.81. The van der Waals surface area contributed by atoms with Crippen LogP contribution < -0.4 is 10.6 Å². The number of hydrogen-bond donors (Lipinski definition) is 2.